The van der Waals surface area contributed by atoms with Gasteiger partial charge in [0.15, 0.2) is 0 Å². The molecule has 0 radical (unpaired) electrons. The predicted molar refractivity (Wildman–Crippen MR) is 99.1 cm³/mol. The lowest BCUT2D eigenvalue weighted by Crippen LogP contribution is -2.06. The Balaban J connectivity index is 2.12. The van der Waals surface area contributed by atoms with E-state index in [1.165, 1.54) is 0 Å². The zero-order valence-electron chi connectivity index (χ0n) is 14.3. The Morgan fingerprint density at radius 2 is 1.04 bits per heavy atom. The molecule has 0 saturated heterocycles. The van der Waals surface area contributed by atoms with Crippen LogP contribution >= 0.6 is 0 Å². The average molecular weight is 320 g/mol. The fraction of sp³-hybridized carbons (Fsp3) is 0.222. The van der Waals surface area contributed by atoms with E-state index in [1.54, 1.807) is 12.4 Å². The van der Waals surface area contributed by atoms with Gasteiger partial charge >= 0.3 is 0 Å². The van der Waals surface area contributed by atoms with Crippen LogP contribution in [0.4, 0.5) is 0 Å². The van der Waals surface area contributed by atoms with Crippen molar-refractivity contribution in [2.24, 2.45) is 20.4 Å². The average Bonchev–Trinajstić information content (AvgIpc) is 2.64. The molecule has 2 heterocycles. The van der Waals surface area contributed by atoms with Crippen LogP contribution in [-0.2, 0) is 0 Å². The van der Waals surface area contributed by atoms with Crippen molar-refractivity contribution in [1.29, 1.82) is 0 Å². The minimum absolute atomic E-state index is 0.697. The highest BCUT2D eigenvalue weighted by Gasteiger charge is 2.00. The van der Waals surface area contributed by atoms with Crippen LogP contribution in [0.5, 0.6) is 0 Å². The van der Waals surface area contributed by atoms with Crippen molar-refractivity contribution in [3.63, 3.8) is 0 Å². The summed E-state index contributed by atoms with van der Waals surface area (Å²) in [6, 6.07) is 11.4. The van der Waals surface area contributed by atoms with Crippen LogP contribution in [0.3, 0.4) is 0 Å². The maximum absolute atomic E-state index is 4.24. The molecule has 0 fully saturated rings. The Morgan fingerprint density at radius 1 is 0.625 bits per heavy atom. The third kappa shape index (κ3) is 5.01. The molecule has 0 N–H and O–H groups in total. The van der Waals surface area contributed by atoms with Crippen molar-refractivity contribution < 1.29 is 0 Å². The number of rotatable bonds is 5. The molecule has 0 amide bonds. The molecule has 0 unspecified atom stereocenters. The van der Waals surface area contributed by atoms with Crippen molar-refractivity contribution in [2.75, 3.05) is 0 Å². The number of pyridine rings is 2. The number of nitrogens with zero attached hydrogens (tertiary/aromatic N) is 6. The lowest BCUT2D eigenvalue weighted by atomic mass is 10.2. The summed E-state index contributed by atoms with van der Waals surface area (Å²) in [6.45, 7) is 7.43. The second kappa shape index (κ2) is 8.57. The van der Waals surface area contributed by atoms with Gasteiger partial charge in [-0.25, -0.2) is 0 Å². The third-order valence-corrected chi connectivity index (χ3v) is 3.29. The van der Waals surface area contributed by atoms with E-state index in [2.05, 4.69) is 30.4 Å². The molecule has 24 heavy (non-hydrogen) atoms. The van der Waals surface area contributed by atoms with Crippen molar-refractivity contribution in [2.45, 2.75) is 27.7 Å². The molecule has 0 aliphatic carbocycles. The molecule has 6 heteroatoms. The molecule has 0 aliphatic heterocycles. The summed E-state index contributed by atoms with van der Waals surface area (Å²) in [5.74, 6) is 0. The van der Waals surface area contributed by atoms with Gasteiger partial charge in [0.1, 0.15) is 0 Å². The van der Waals surface area contributed by atoms with E-state index >= 15 is 0 Å². The van der Waals surface area contributed by atoms with Gasteiger partial charge in [0.05, 0.1) is 34.2 Å². The van der Waals surface area contributed by atoms with Crippen molar-refractivity contribution >= 4 is 22.8 Å². The van der Waals surface area contributed by atoms with Crippen LogP contribution in [0.25, 0.3) is 0 Å². The second-order valence-electron chi connectivity index (χ2n) is 5.17. The van der Waals surface area contributed by atoms with E-state index in [1.807, 2.05) is 64.1 Å². The quantitative estimate of drug-likeness (QED) is 0.624. The Hall–Kier alpha value is -3.02. The molecule has 6 nitrogen and oxygen atoms in total. The highest BCUT2D eigenvalue weighted by molar-refractivity contribution is 6.40. The largest absolute Gasteiger partial charge is 0.255 e. The van der Waals surface area contributed by atoms with Gasteiger partial charge in [0, 0.05) is 12.4 Å². The number of hydrogen-bond donors (Lipinski definition) is 0. The van der Waals surface area contributed by atoms with Crippen molar-refractivity contribution in [3.8, 4) is 0 Å². The van der Waals surface area contributed by atoms with Gasteiger partial charge in [-0.3, -0.25) is 9.97 Å². The first-order valence-corrected chi connectivity index (χ1v) is 7.59. The summed E-state index contributed by atoms with van der Waals surface area (Å²) in [7, 11) is 0. The van der Waals surface area contributed by atoms with E-state index in [-0.39, 0.29) is 0 Å². The number of aromatic nitrogens is 2. The van der Waals surface area contributed by atoms with Crippen molar-refractivity contribution in [1.82, 2.24) is 9.97 Å². The van der Waals surface area contributed by atoms with Crippen LogP contribution in [0.2, 0.25) is 0 Å². The highest BCUT2D eigenvalue weighted by atomic mass is 15.2. The fourth-order valence-corrected chi connectivity index (χ4v) is 1.70. The summed E-state index contributed by atoms with van der Waals surface area (Å²) in [5.41, 5.74) is 4.48. The van der Waals surface area contributed by atoms with Gasteiger partial charge in [0.25, 0.3) is 0 Å². The van der Waals surface area contributed by atoms with Gasteiger partial charge in [-0.2, -0.15) is 20.4 Å². The molecule has 122 valence electrons. The first-order valence-electron chi connectivity index (χ1n) is 7.59. The minimum atomic E-state index is 0.697. The van der Waals surface area contributed by atoms with E-state index in [9.17, 15) is 0 Å². The SMILES string of the molecule is CC(=N\N=C(/C)c1ccccn1)/C(C)=N/N=C(\C)c1ccccn1. The topological polar surface area (TPSA) is 75.2 Å². The zero-order valence-corrected chi connectivity index (χ0v) is 14.3. The monoisotopic (exact) mass is 320 g/mol. The van der Waals surface area contributed by atoms with Crippen LogP contribution in [0.15, 0.2) is 69.2 Å². The highest BCUT2D eigenvalue weighted by Crippen LogP contribution is 1.99. The van der Waals surface area contributed by atoms with Crippen LogP contribution < -0.4 is 0 Å². The lowest BCUT2D eigenvalue weighted by Gasteiger charge is -1.99. The lowest BCUT2D eigenvalue weighted by molar-refractivity contribution is 1.18. The fourth-order valence-electron chi connectivity index (χ4n) is 1.70. The molecule has 0 aromatic carbocycles. The Kier molecular flexibility index (Phi) is 6.19. The maximum atomic E-state index is 4.24. The van der Waals surface area contributed by atoms with E-state index in [0.29, 0.717) is 11.4 Å². The van der Waals surface area contributed by atoms with Gasteiger partial charge < -0.3 is 0 Å². The Morgan fingerprint density at radius 3 is 1.38 bits per heavy atom. The van der Waals surface area contributed by atoms with Crippen LogP contribution in [0, 0.1) is 0 Å². The van der Waals surface area contributed by atoms with Gasteiger partial charge in [-0.1, -0.05) is 12.1 Å². The zero-order chi connectivity index (χ0) is 17.4. The van der Waals surface area contributed by atoms with Gasteiger partial charge in [-0.15, -0.1) is 0 Å². The molecular weight excluding hydrogens is 300 g/mol. The minimum Gasteiger partial charge on any atom is -0.255 e. The van der Waals surface area contributed by atoms with Gasteiger partial charge in [-0.05, 0) is 52.0 Å². The van der Waals surface area contributed by atoms with E-state index in [4.69, 9.17) is 0 Å². The summed E-state index contributed by atoms with van der Waals surface area (Å²) in [5, 5.41) is 16.8. The Labute approximate surface area is 141 Å². The van der Waals surface area contributed by atoms with Crippen LogP contribution in [0.1, 0.15) is 39.1 Å². The normalized spacial score (nSPS) is 14.0. The van der Waals surface area contributed by atoms with Gasteiger partial charge in [0.2, 0.25) is 0 Å². The summed E-state index contributed by atoms with van der Waals surface area (Å²) < 4.78 is 0. The predicted octanol–water partition coefficient (Wildman–Crippen LogP) is 3.55. The molecule has 0 bridgehead atoms. The maximum Gasteiger partial charge on any atom is 0.0860 e. The summed E-state index contributed by atoms with van der Waals surface area (Å²) in [6.07, 6.45) is 3.46. The second-order valence-corrected chi connectivity index (χ2v) is 5.17. The summed E-state index contributed by atoms with van der Waals surface area (Å²) >= 11 is 0. The molecule has 0 spiro atoms. The number of hydrogen-bond acceptors (Lipinski definition) is 6. The first kappa shape index (κ1) is 17.3. The first-order chi connectivity index (χ1) is 11.6. The molecule has 2 rings (SSSR count). The smallest absolute Gasteiger partial charge is 0.0860 e. The van der Waals surface area contributed by atoms with E-state index in [0.717, 1.165) is 22.8 Å². The van der Waals surface area contributed by atoms with E-state index < -0.39 is 0 Å². The molecule has 2 aromatic rings. The third-order valence-electron chi connectivity index (χ3n) is 3.29. The Bertz CT molecular complexity index is 719. The van der Waals surface area contributed by atoms with Crippen LogP contribution in [-0.4, -0.2) is 32.8 Å². The molecule has 0 aliphatic rings. The molecule has 0 saturated carbocycles. The standard InChI is InChI=1S/C18H20N6/c1-13(21-23-15(3)17-9-5-7-11-19-17)14(2)22-24-16(4)18-10-6-8-12-20-18/h5-12H,1-4H3/b21-13+,22-14+,23-15+,24-16+. The van der Waals surface area contributed by atoms with Crippen molar-refractivity contribution in [3.05, 3.63) is 60.2 Å². The molecule has 2 aromatic heterocycles. The molecular formula is C18H20N6. The molecule has 0 atom stereocenters. The summed E-state index contributed by atoms with van der Waals surface area (Å²) in [4.78, 5) is 8.47.